The molecule has 1 aromatic rings. The smallest absolute Gasteiger partial charge is 0.0789 e. The van der Waals surface area contributed by atoms with Crippen LogP contribution in [-0.4, -0.2) is 13.1 Å². The third-order valence-electron chi connectivity index (χ3n) is 2.75. The largest absolute Gasteiger partial charge is 0.346 e. The second-order valence-corrected chi connectivity index (χ2v) is 4.17. The highest BCUT2D eigenvalue weighted by Crippen LogP contribution is 2.20. The minimum Gasteiger partial charge on any atom is -0.346 e. The van der Waals surface area contributed by atoms with Crippen molar-refractivity contribution in [3.05, 3.63) is 34.9 Å². The van der Waals surface area contributed by atoms with E-state index in [2.05, 4.69) is 17.4 Å². The summed E-state index contributed by atoms with van der Waals surface area (Å²) in [5, 5.41) is 3.32. The molecule has 1 atom stereocenters. The van der Waals surface area contributed by atoms with E-state index in [1.54, 1.807) is 0 Å². The highest BCUT2D eigenvalue weighted by atomic mass is 35.5. The van der Waals surface area contributed by atoms with Gasteiger partial charge >= 0.3 is 0 Å². The third-order valence-corrected chi connectivity index (χ3v) is 3.11. The highest BCUT2D eigenvalue weighted by molar-refractivity contribution is 6.31. The molecule has 2 rings (SSSR count). The van der Waals surface area contributed by atoms with Crippen molar-refractivity contribution >= 4 is 11.6 Å². The first-order valence-electron chi connectivity index (χ1n) is 4.91. The summed E-state index contributed by atoms with van der Waals surface area (Å²) in [6.07, 6.45) is 2.49. The second kappa shape index (κ2) is 4.12. The quantitative estimate of drug-likeness (QED) is 0.738. The lowest BCUT2D eigenvalue weighted by molar-refractivity contribution is -0.638. The number of hydrogen-bond acceptors (Lipinski definition) is 0. The maximum atomic E-state index is 6.09. The SMILES string of the molecule is Clc1ccccc1C[C@H]1CC[NH2+]C1. The van der Waals surface area contributed by atoms with Crippen LogP contribution in [-0.2, 0) is 6.42 Å². The Balaban J connectivity index is 2.04. The Bertz CT molecular complexity index is 279. The van der Waals surface area contributed by atoms with Crippen molar-refractivity contribution in [2.45, 2.75) is 12.8 Å². The molecule has 0 bridgehead atoms. The first kappa shape index (κ1) is 9.04. The van der Waals surface area contributed by atoms with Crippen LogP contribution in [0.3, 0.4) is 0 Å². The van der Waals surface area contributed by atoms with Crippen molar-refractivity contribution < 1.29 is 5.32 Å². The van der Waals surface area contributed by atoms with Crippen molar-refractivity contribution in [2.75, 3.05) is 13.1 Å². The van der Waals surface area contributed by atoms with Crippen LogP contribution in [0, 0.1) is 5.92 Å². The van der Waals surface area contributed by atoms with Gasteiger partial charge < -0.3 is 5.32 Å². The minimum atomic E-state index is 0.833. The molecule has 0 radical (unpaired) electrons. The monoisotopic (exact) mass is 196 g/mol. The normalized spacial score (nSPS) is 22.1. The van der Waals surface area contributed by atoms with E-state index >= 15 is 0 Å². The van der Waals surface area contributed by atoms with E-state index in [1.165, 1.54) is 25.1 Å². The number of nitrogens with two attached hydrogens (primary N) is 1. The molecule has 0 amide bonds. The van der Waals surface area contributed by atoms with Crippen LogP contribution in [0.25, 0.3) is 0 Å². The van der Waals surface area contributed by atoms with Gasteiger partial charge in [0.05, 0.1) is 13.1 Å². The molecular formula is C11H15ClN+. The van der Waals surface area contributed by atoms with Gasteiger partial charge in [-0.25, -0.2) is 0 Å². The Morgan fingerprint density at radius 2 is 2.23 bits per heavy atom. The van der Waals surface area contributed by atoms with Crippen LogP contribution in [0.1, 0.15) is 12.0 Å². The number of hydrogen-bond donors (Lipinski definition) is 1. The van der Waals surface area contributed by atoms with Gasteiger partial charge in [-0.2, -0.15) is 0 Å². The van der Waals surface area contributed by atoms with Gasteiger partial charge in [0.15, 0.2) is 0 Å². The van der Waals surface area contributed by atoms with Crippen molar-refractivity contribution in [1.82, 2.24) is 0 Å². The van der Waals surface area contributed by atoms with E-state index in [0.29, 0.717) is 0 Å². The average molecular weight is 197 g/mol. The van der Waals surface area contributed by atoms with Gasteiger partial charge in [0.25, 0.3) is 0 Å². The molecule has 0 aromatic heterocycles. The zero-order valence-corrected chi connectivity index (χ0v) is 8.43. The molecule has 70 valence electrons. The molecule has 1 fully saturated rings. The van der Waals surface area contributed by atoms with Crippen molar-refractivity contribution in [3.8, 4) is 0 Å². The summed E-state index contributed by atoms with van der Waals surface area (Å²) in [5.41, 5.74) is 1.31. The summed E-state index contributed by atoms with van der Waals surface area (Å²) in [6, 6.07) is 8.18. The van der Waals surface area contributed by atoms with Crippen LogP contribution in [0.2, 0.25) is 5.02 Å². The van der Waals surface area contributed by atoms with Crippen LogP contribution in [0.5, 0.6) is 0 Å². The standard InChI is InChI=1S/C11H14ClN/c12-11-4-2-1-3-10(11)7-9-5-6-13-8-9/h1-4,9,13H,5-8H2/p+1/t9-/m1/s1. The van der Waals surface area contributed by atoms with E-state index in [1.807, 2.05) is 12.1 Å². The number of rotatable bonds is 2. The minimum absolute atomic E-state index is 0.833. The number of quaternary nitrogens is 1. The van der Waals surface area contributed by atoms with Crippen LogP contribution in [0.4, 0.5) is 0 Å². The fourth-order valence-electron chi connectivity index (χ4n) is 1.99. The van der Waals surface area contributed by atoms with Crippen molar-refractivity contribution in [2.24, 2.45) is 5.92 Å². The van der Waals surface area contributed by atoms with Gasteiger partial charge in [0, 0.05) is 17.4 Å². The zero-order valence-electron chi connectivity index (χ0n) is 7.67. The van der Waals surface area contributed by atoms with Gasteiger partial charge in [-0.1, -0.05) is 29.8 Å². The molecule has 1 saturated heterocycles. The zero-order chi connectivity index (χ0) is 9.10. The fraction of sp³-hybridized carbons (Fsp3) is 0.455. The Hall–Kier alpha value is -0.530. The molecule has 0 saturated carbocycles. The van der Waals surface area contributed by atoms with Crippen LogP contribution < -0.4 is 5.32 Å². The molecule has 1 aliphatic rings. The van der Waals surface area contributed by atoms with Gasteiger partial charge in [0.2, 0.25) is 0 Å². The molecule has 2 N–H and O–H groups in total. The van der Waals surface area contributed by atoms with E-state index in [0.717, 1.165) is 17.4 Å². The Kier molecular flexibility index (Phi) is 2.87. The molecule has 1 nitrogen and oxygen atoms in total. The fourth-order valence-corrected chi connectivity index (χ4v) is 2.20. The predicted molar refractivity (Wildman–Crippen MR) is 54.9 cm³/mol. The summed E-state index contributed by atoms with van der Waals surface area (Å²) in [6.45, 7) is 2.56. The summed E-state index contributed by atoms with van der Waals surface area (Å²) in [7, 11) is 0. The Morgan fingerprint density at radius 3 is 2.92 bits per heavy atom. The average Bonchev–Trinajstić information content (AvgIpc) is 2.61. The van der Waals surface area contributed by atoms with E-state index in [-0.39, 0.29) is 0 Å². The van der Waals surface area contributed by atoms with Crippen molar-refractivity contribution in [3.63, 3.8) is 0 Å². The molecule has 0 spiro atoms. The Labute approximate surface area is 84.1 Å². The lowest BCUT2D eigenvalue weighted by Crippen LogP contribution is -2.81. The van der Waals surface area contributed by atoms with E-state index in [9.17, 15) is 0 Å². The summed E-state index contributed by atoms with van der Waals surface area (Å²) < 4.78 is 0. The first-order valence-corrected chi connectivity index (χ1v) is 5.29. The van der Waals surface area contributed by atoms with Crippen LogP contribution in [0.15, 0.2) is 24.3 Å². The topological polar surface area (TPSA) is 16.6 Å². The lowest BCUT2D eigenvalue weighted by Gasteiger charge is -2.07. The number of benzene rings is 1. The second-order valence-electron chi connectivity index (χ2n) is 3.76. The maximum Gasteiger partial charge on any atom is 0.0789 e. The summed E-state index contributed by atoms with van der Waals surface area (Å²) in [5.74, 6) is 0.833. The molecule has 13 heavy (non-hydrogen) atoms. The summed E-state index contributed by atoms with van der Waals surface area (Å²) >= 11 is 6.09. The van der Waals surface area contributed by atoms with Crippen LogP contribution >= 0.6 is 11.6 Å². The van der Waals surface area contributed by atoms with E-state index < -0.39 is 0 Å². The molecule has 1 aliphatic heterocycles. The molecule has 0 unspecified atom stereocenters. The highest BCUT2D eigenvalue weighted by Gasteiger charge is 2.18. The van der Waals surface area contributed by atoms with Crippen molar-refractivity contribution in [1.29, 1.82) is 0 Å². The predicted octanol–water partition coefficient (Wildman–Crippen LogP) is 1.47. The van der Waals surface area contributed by atoms with E-state index in [4.69, 9.17) is 11.6 Å². The molecule has 2 heteroatoms. The Morgan fingerprint density at radius 1 is 1.38 bits per heavy atom. The number of halogens is 1. The molecule has 1 aromatic carbocycles. The van der Waals surface area contributed by atoms with Gasteiger partial charge in [-0.3, -0.25) is 0 Å². The molecule has 1 heterocycles. The molecular weight excluding hydrogens is 182 g/mol. The van der Waals surface area contributed by atoms with Gasteiger partial charge in [-0.15, -0.1) is 0 Å². The maximum absolute atomic E-state index is 6.09. The lowest BCUT2D eigenvalue weighted by atomic mass is 9.99. The van der Waals surface area contributed by atoms with Gasteiger partial charge in [-0.05, 0) is 18.1 Å². The third kappa shape index (κ3) is 2.23. The molecule has 0 aliphatic carbocycles. The summed E-state index contributed by atoms with van der Waals surface area (Å²) in [4.78, 5) is 0. The first-order chi connectivity index (χ1) is 6.36. The van der Waals surface area contributed by atoms with Gasteiger partial charge in [0.1, 0.15) is 0 Å².